The van der Waals surface area contributed by atoms with Gasteiger partial charge in [0.15, 0.2) is 15.7 Å². The molecule has 0 aliphatic carbocycles. The highest BCUT2D eigenvalue weighted by molar-refractivity contribution is 7.93. The molecule has 1 atom stereocenters. The predicted octanol–water partition coefficient (Wildman–Crippen LogP) is 1.75. The summed E-state index contributed by atoms with van der Waals surface area (Å²) in [5.41, 5.74) is 0.999. The van der Waals surface area contributed by atoms with Gasteiger partial charge >= 0.3 is 6.03 Å². The summed E-state index contributed by atoms with van der Waals surface area (Å²) in [5, 5.41) is 6.85. The third-order valence-corrected chi connectivity index (χ3v) is 8.52. The van der Waals surface area contributed by atoms with Crippen LogP contribution in [-0.4, -0.2) is 66.7 Å². The minimum absolute atomic E-state index is 0.0677. The van der Waals surface area contributed by atoms with Gasteiger partial charge in [0.25, 0.3) is 0 Å². The predicted molar refractivity (Wildman–Crippen MR) is 109 cm³/mol. The maximum atomic E-state index is 12.8. The number of benzene rings is 1. The van der Waals surface area contributed by atoms with Crippen LogP contribution in [0, 0.1) is 0 Å². The van der Waals surface area contributed by atoms with E-state index in [0.29, 0.717) is 31.1 Å². The van der Waals surface area contributed by atoms with Crippen molar-refractivity contribution in [1.82, 2.24) is 20.4 Å². The fourth-order valence-corrected chi connectivity index (χ4v) is 6.53. The second-order valence-corrected chi connectivity index (χ2v) is 10.3. The van der Waals surface area contributed by atoms with Gasteiger partial charge in [-0.15, -0.1) is 0 Å². The Morgan fingerprint density at radius 2 is 2.07 bits per heavy atom. The van der Waals surface area contributed by atoms with E-state index in [1.807, 2.05) is 31.2 Å². The summed E-state index contributed by atoms with van der Waals surface area (Å²) in [6.45, 7) is 2.85. The Morgan fingerprint density at radius 3 is 2.73 bits per heavy atom. The molecule has 1 aromatic heterocycles. The second-order valence-electron chi connectivity index (χ2n) is 7.89. The molecule has 0 radical (unpaired) electrons. The first-order chi connectivity index (χ1) is 14.4. The van der Waals surface area contributed by atoms with Crippen LogP contribution in [0.5, 0.6) is 5.75 Å². The summed E-state index contributed by atoms with van der Waals surface area (Å²) in [6.07, 6.45) is 1.73. The third kappa shape index (κ3) is 3.53. The molecule has 4 rings (SSSR count). The quantitative estimate of drug-likeness (QED) is 0.736. The summed E-state index contributed by atoms with van der Waals surface area (Å²) >= 11 is 0. The number of likely N-dealkylation sites (tertiary alicyclic amines) is 1. The molecule has 2 aliphatic rings. The lowest BCUT2D eigenvalue weighted by molar-refractivity contribution is 0.116. The van der Waals surface area contributed by atoms with Crippen molar-refractivity contribution in [2.75, 3.05) is 32.5 Å². The van der Waals surface area contributed by atoms with Crippen molar-refractivity contribution in [3.63, 3.8) is 0 Å². The SMILES string of the molecule is CCCNC(=O)N1CC2(C1)C(c1nc(Cc3ccc(OC)cc3)no1)CCS2(=O)=O. The first-order valence-corrected chi connectivity index (χ1v) is 11.7. The van der Waals surface area contributed by atoms with E-state index >= 15 is 0 Å². The van der Waals surface area contributed by atoms with E-state index in [0.717, 1.165) is 17.7 Å². The fourth-order valence-electron chi connectivity index (χ4n) is 4.22. The number of hydrogen-bond donors (Lipinski definition) is 1. The van der Waals surface area contributed by atoms with Gasteiger partial charge in [-0.05, 0) is 30.5 Å². The molecule has 0 bridgehead atoms. The average Bonchev–Trinajstić information content (AvgIpc) is 3.26. The second kappa shape index (κ2) is 7.90. The molecule has 2 aliphatic heterocycles. The van der Waals surface area contributed by atoms with Crippen molar-refractivity contribution in [2.24, 2.45) is 0 Å². The van der Waals surface area contributed by atoms with Crippen LogP contribution in [0.4, 0.5) is 4.79 Å². The van der Waals surface area contributed by atoms with Gasteiger partial charge in [0.2, 0.25) is 5.89 Å². The third-order valence-electron chi connectivity index (χ3n) is 5.96. The van der Waals surface area contributed by atoms with E-state index in [1.165, 1.54) is 0 Å². The molecule has 2 saturated heterocycles. The minimum atomic E-state index is -3.35. The number of methoxy groups -OCH3 is 1. The number of sulfone groups is 1. The lowest BCUT2D eigenvalue weighted by Crippen LogP contribution is -2.69. The summed E-state index contributed by atoms with van der Waals surface area (Å²) in [6, 6.07) is 7.35. The maximum Gasteiger partial charge on any atom is 0.317 e. The molecule has 1 aromatic carbocycles. The molecule has 10 heteroatoms. The zero-order valence-electron chi connectivity index (χ0n) is 17.1. The number of carbonyl (C=O) groups excluding carboxylic acids is 1. The van der Waals surface area contributed by atoms with Crippen molar-refractivity contribution < 1.29 is 22.5 Å². The highest BCUT2D eigenvalue weighted by Crippen LogP contribution is 2.49. The van der Waals surface area contributed by atoms with Crippen LogP contribution in [-0.2, 0) is 16.3 Å². The molecule has 2 amide bonds. The summed E-state index contributed by atoms with van der Waals surface area (Å²) in [5.74, 6) is 1.29. The number of nitrogens with one attached hydrogen (secondary N) is 1. The van der Waals surface area contributed by atoms with Crippen LogP contribution >= 0.6 is 0 Å². The molecule has 30 heavy (non-hydrogen) atoms. The Morgan fingerprint density at radius 1 is 1.33 bits per heavy atom. The molecular weight excluding hydrogens is 408 g/mol. The van der Waals surface area contributed by atoms with Gasteiger partial charge in [-0.3, -0.25) is 0 Å². The molecule has 3 heterocycles. The Labute approximate surface area is 175 Å². The summed E-state index contributed by atoms with van der Waals surface area (Å²) in [7, 11) is -1.74. The molecule has 2 fully saturated rings. The molecule has 0 saturated carbocycles. The summed E-state index contributed by atoms with van der Waals surface area (Å²) in [4.78, 5) is 18.2. The van der Waals surface area contributed by atoms with Crippen LogP contribution in [0.1, 0.15) is 43.0 Å². The van der Waals surface area contributed by atoms with Gasteiger partial charge in [0, 0.05) is 26.1 Å². The largest absolute Gasteiger partial charge is 0.497 e. The molecule has 9 nitrogen and oxygen atoms in total. The normalized spacial score (nSPS) is 21.4. The number of amides is 2. The number of urea groups is 1. The number of rotatable bonds is 6. The number of ether oxygens (including phenoxy) is 1. The smallest absolute Gasteiger partial charge is 0.317 e. The van der Waals surface area contributed by atoms with Crippen LogP contribution < -0.4 is 10.1 Å². The molecular formula is C20H26N4O5S. The molecule has 1 spiro atoms. The van der Waals surface area contributed by atoms with Crippen molar-refractivity contribution in [2.45, 2.75) is 36.9 Å². The Bertz CT molecular complexity index is 1010. The number of nitrogens with zero attached hydrogens (tertiary/aromatic N) is 3. The molecule has 162 valence electrons. The number of hydrogen-bond acceptors (Lipinski definition) is 7. The number of carbonyl (C=O) groups is 1. The zero-order valence-corrected chi connectivity index (χ0v) is 17.9. The zero-order chi connectivity index (χ0) is 21.4. The summed E-state index contributed by atoms with van der Waals surface area (Å²) < 4.78 is 35.3. The van der Waals surface area contributed by atoms with Crippen LogP contribution in [0.2, 0.25) is 0 Å². The van der Waals surface area contributed by atoms with Crippen molar-refractivity contribution in [1.29, 1.82) is 0 Å². The van der Waals surface area contributed by atoms with Crippen molar-refractivity contribution in [3.8, 4) is 5.75 Å². The van der Waals surface area contributed by atoms with E-state index in [-0.39, 0.29) is 24.9 Å². The Hall–Kier alpha value is -2.62. The van der Waals surface area contributed by atoms with Crippen LogP contribution in [0.3, 0.4) is 0 Å². The van der Waals surface area contributed by atoms with Crippen molar-refractivity contribution >= 4 is 15.9 Å². The number of aromatic nitrogens is 2. The molecule has 1 unspecified atom stereocenters. The van der Waals surface area contributed by atoms with Gasteiger partial charge < -0.3 is 19.5 Å². The maximum absolute atomic E-state index is 12.8. The van der Waals surface area contributed by atoms with Gasteiger partial charge in [-0.2, -0.15) is 4.98 Å². The van der Waals surface area contributed by atoms with E-state index in [1.54, 1.807) is 12.0 Å². The molecule has 1 N–H and O–H groups in total. The van der Waals surface area contributed by atoms with E-state index in [9.17, 15) is 13.2 Å². The monoisotopic (exact) mass is 434 g/mol. The van der Waals surface area contributed by atoms with E-state index in [2.05, 4.69) is 15.5 Å². The van der Waals surface area contributed by atoms with Gasteiger partial charge in [0.05, 0.1) is 18.8 Å². The highest BCUT2D eigenvalue weighted by Gasteiger charge is 2.64. The Balaban J connectivity index is 1.49. The lowest BCUT2D eigenvalue weighted by Gasteiger charge is -2.48. The standard InChI is InChI=1S/C20H26N4O5S/c1-3-9-21-19(25)24-12-20(13-24)16(8-10-30(20,26)27)18-22-17(23-29-18)11-14-4-6-15(28-2)7-5-14/h4-7,16H,3,8-13H2,1-2H3,(H,21,25). The Kier molecular flexibility index (Phi) is 5.44. The highest BCUT2D eigenvalue weighted by atomic mass is 32.2. The van der Waals surface area contributed by atoms with Gasteiger partial charge in [-0.25, -0.2) is 13.2 Å². The topological polar surface area (TPSA) is 115 Å². The van der Waals surface area contributed by atoms with Gasteiger partial charge in [0.1, 0.15) is 10.5 Å². The average molecular weight is 435 g/mol. The lowest BCUT2D eigenvalue weighted by atomic mass is 9.83. The van der Waals surface area contributed by atoms with E-state index < -0.39 is 20.5 Å². The fraction of sp³-hybridized carbons (Fsp3) is 0.550. The van der Waals surface area contributed by atoms with E-state index in [4.69, 9.17) is 9.26 Å². The molecule has 2 aromatic rings. The first-order valence-electron chi connectivity index (χ1n) is 10.1. The van der Waals surface area contributed by atoms with Crippen LogP contribution in [0.25, 0.3) is 0 Å². The minimum Gasteiger partial charge on any atom is -0.497 e. The van der Waals surface area contributed by atoms with Crippen molar-refractivity contribution in [3.05, 3.63) is 41.5 Å². The first kappa shape index (κ1) is 20.6. The van der Waals surface area contributed by atoms with Crippen LogP contribution in [0.15, 0.2) is 28.8 Å². The van der Waals surface area contributed by atoms with Gasteiger partial charge in [-0.1, -0.05) is 24.2 Å².